The third kappa shape index (κ3) is 2.03. The Bertz CT molecular complexity index is 1430. The molecule has 4 aromatic rings. The number of anilines is 1. The van der Waals surface area contributed by atoms with E-state index in [2.05, 4.69) is 12.1 Å². The summed E-state index contributed by atoms with van der Waals surface area (Å²) in [4.78, 5) is 28.1. The largest absolute Gasteiger partial charge is 0.274 e. The highest BCUT2D eigenvalue weighted by molar-refractivity contribution is 6.33. The molecule has 4 aromatic carbocycles. The van der Waals surface area contributed by atoms with Gasteiger partial charge in [-0.05, 0) is 45.2 Å². The number of halogens is 1. The quantitative estimate of drug-likeness (QED) is 0.289. The van der Waals surface area contributed by atoms with E-state index in [1.54, 1.807) is 0 Å². The summed E-state index contributed by atoms with van der Waals surface area (Å²) >= 11 is 7.47. The molecule has 0 saturated carbocycles. The smallest absolute Gasteiger partial charge is 0.240 e. The lowest BCUT2D eigenvalue weighted by molar-refractivity contribution is -0.122. The minimum atomic E-state index is -1.05. The van der Waals surface area contributed by atoms with Crippen molar-refractivity contribution in [1.29, 1.82) is 0 Å². The fourth-order valence-corrected chi connectivity index (χ4v) is 6.82. The molecular formula is C28H18ClNO2. The number of nitrogens with zero attached hydrogens (tertiary/aromatic N) is 1. The van der Waals surface area contributed by atoms with Crippen LogP contribution in [0.3, 0.4) is 0 Å². The summed E-state index contributed by atoms with van der Waals surface area (Å²) in [5.74, 6) is -1.67. The Morgan fingerprint density at radius 3 is 1.97 bits per heavy atom. The van der Waals surface area contributed by atoms with Crippen LogP contribution in [-0.2, 0) is 14.5 Å². The monoisotopic (exact) mass is 435 g/mol. The van der Waals surface area contributed by atoms with Crippen LogP contribution < -0.4 is 4.90 Å². The van der Waals surface area contributed by atoms with Crippen molar-refractivity contribution in [2.75, 3.05) is 4.90 Å². The van der Waals surface area contributed by atoms with Crippen molar-refractivity contribution in [1.82, 2.24) is 0 Å². The number of alkyl halides is 1. The molecule has 4 heteroatoms. The van der Waals surface area contributed by atoms with Gasteiger partial charge in [-0.1, -0.05) is 78.9 Å². The number of benzene rings is 4. The summed E-state index contributed by atoms with van der Waals surface area (Å²) in [5.41, 5.74) is 4.63. The zero-order valence-corrected chi connectivity index (χ0v) is 17.8. The normalized spacial score (nSPS) is 27.4. The van der Waals surface area contributed by atoms with Gasteiger partial charge in [-0.25, -0.2) is 4.90 Å². The average Bonchev–Trinajstić information content (AvgIpc) is 3.10. The highest BCUT2D eigenvalue weighted by atomic mass is 35.5. The lowest BCUT2D eigenvalue weighted by Crippen LogP contribution is -2.50. The Hall–Kier alpha value is -3.43. The highest BCUT2D eigenvalue weighted by Crippen LogP contribution is 2.65. The van der Waals surface area contributed by atoms with Gasteiger partial charge < -0.3 is 0 Å². The molecule has 2 amide bonds. The molecule has 154 valence electrons. The number of hydrogen-bond acceptors (Lipinski definition) is 2. The second kappa shape index (κ2) is 6.08. The third-order valence-corrected chi connectivity index (χ3v) is 8.15. The van der Waals surface area contributed by atoms with E-state index in [9.17, 15) is 9.59 Å². The van der Waals surface area contributed by atoms with Crippen LogP contribution >= 0.6 is 11.6 Å². The summed E-state index contributed by atoms with van der Waals surface area (Å²) in [5, 5.41) is 2.07. The van der Waals surface area contributed by atoms with E-state index >= 15 is 0 Å². The van der Waals surface area contributed by atoms with Crippen molar-refractivity contribution >= 4 is 39.9 Å². The molecule has 3 aliphatic carbocycles. The van der Waals surface area contributed by atoms with Crippen molar-refractivity contribution in [2.45, 2.75) is 10.8 Å². The summed E-state index contributed by atoms with van der Waals surface area (Å²) in [7, 11) is 0. The Labute approximate surface area is 190 Å². The molecule has 4 aliphatic rings. The molecule has 0 aromatic heterocycles. The van der Waals surface area contributed by atoms with Crippen LogP contribution in [0, 0.1) is 11.8 Å². The molecule has 8 rings (SSSR count). The number of rotatable bonds is 1. The molecular weight excluding hydrogens is 418 g/mol. The number of amides is 2. The molecule has 2 bridgehead atoms. The molecule has 1 heterocycles. The summed E-state index contributed by atoms with van der Waals surface area (Å²) in [6.45, 7) is 0. The van der Waals surface area contributed by atoms with Crippen LogP contribution in [0.2, 0.25) is 0 Å². The van der Waals surface area contributed by atoms with Gasteiger partial charge in [0, 0.05) is 5.92 Å². The minimum absolute atomic E-state index is 0.158. The summed E-state index contributed by atoms with van der Waals surface area (Å²) in [6, 6.07) is 29.7. The Kier molecular flexibility index (Phi) is 3.45. The van der Waals surface area contributed by atoms with Crippen molar-refractivity contribution in [3.63, 3.8) is 0 Å². The van der Waals surface area contributed by atoms with Gasteiger partial charge in [0.25, 0.3) is 0 Å². The topological polar surface area (TPSA) is 37.4 Å². The van der Waals surface area contributed by atoms with Gasteiger partial charge in [0.15, 0.2) is 0 Å². The summed E-state index contributed by atoms with van der Waals surface area (Å²) in [6.07, 6.45) is 0. The van der Waals surface area contributed by atoms with Crippen LogP contribution in [0.1, 0.15) is 28.2 Å². The molecule has 32 heavy (non-hydrogen) atoms. The first-order chi connectivity index (χ1) is 15.6. The Morgan fingerprint density at radius 2 is 1.28 bits per heavy atom. The van der Waals surface area contributed by atoms with Crippen molar-refractivity contribution in [2.24, 2.45) is 11.8 Å². The van der Waals surface area contributed by atoms with E-state index in [0.29, 0.717) is 5.69 Å². The fourth-order valence-electron chi connectivity index (χ4n) is 6.25. The number of carbonyl (C=O) groups is 2. The van der Waals surface area contributed by atoms with E-state index in [0.717, 1.165) is 33.0 Å². The highest BCUT2D eigenvalue weighted by Gasteiger charge is 2.67. The molecule has 1 fully saturated rings. The number of carbonyl (C=O) groups excluding carboxylic acids is 2. The lowest BCUT2D eigenvalue weighted by atomic mass is 9.54. The van der Waals surface area contributed by atoms with Gasteiger partial charge in [-0.3, -0.25) is 9.59 Å². The second-order valence-electron chi connectivity index (χ2n) is 8.91. The van der Waals surface area contributed by atoms with Crippen molar-refractivity contribution < 1.29 is 9.59 Å². The standard InChI is InChI=1S/C28H18ClNO2/c29-28-21-11-5-3-9-19(21)23(20-10-4-6-12-22(20)28)24-25(28)27(32)30(26(24)31)18-14-13-16-7-1-2-8-17(16)15-18/h1-15,23-25H/t23?,24-,25+,28?/m0/s1. The predicted octanol–water partition coefficient (Wildman–Crippen LogP) is 5.59. The molecule has 3 nitrogen and oxygen atoms in total. The molecule has 0 unspecified atom stereocenters. The van der Waals surface area contributed by atoms with Crippen molar-refractivity contribution in [3.8, 4) is 0 Å². The zero-order valence-electron chi connectivity index (χ0n) is 17.0. The van der Waals surface area contributed by atoms with Crippen molar-refractivity contribution in [3.05, 3.63) is 113 Å². The van der Waals surface area contributed by atoms with Gasteiger partial charge >= 0.3 is 0 Å². The SMILES string of the molecule is O=C1[C@H]2C3c4ccccc4C(Cl)(c4ccccc43)[C@H]2C(=O)N1c1ccc2ccccc2c1. The molecule has 2 atom stereocenters. The maximum Gasteiger partial charge on any atom is 0.240 e. The number of hydrogen-bond donors (Lipinski definition) is 0. The van der Waals surface area contributed by atoms with Crippen LogP contribution in [0.15, 0.2) is 91.0 Å². The van der Waals surface area contributed by atoms with Gasteiger partial charge in [0.2, 0.25) is 11.8 Å². The summed E-state index contributed by atoms with van der Waals surface area (Å²) < 4.78 is 0. The van der Waals surface area contributed by atoms with Crippen LogP contribution in [0.5, 0.6) is 0 Å². The zero-order chi connectivity index (χ0) is 21.6. The molecule has 1 aliphatic heterocycles. The first-order valence-electron chi connectivity index (χ1n) is 10.8. The maximum absolute atomic E-state index is 13.9. The van der Waals surface area contributed by atoms with Gasteiger partial charge in [0.05, 0.1) is 17.5 Å². The molecule has 0 radical (unpaired) electrons. The van der Waals surface area contributed by atoms with E-state index in [1.807, 2.05) is 78.9 Å². The van der Waals surface area contributed by atoms with Crippen LogP contribution in [-0.4, -0.2) is 11.8 Å². The van der Waals surface area contributed by atoms with E-state index in [-0.39, 0.29) is 17.7 Å². The van der Waals surface area contributed by atoms with Crippen LogP contribution in [0.25, 0.3) is 10.8 Å². The number of imide groups is 1. The average molecular weight is 436 g/mol. The first-order valence-corrected chi connectivity index (χ1v) is 11.2. The third-order valence-electron chi connectivity index (χ3n) is 7.51. The van der Waals surface area contributed by atoms with Gasteiger partial charge in [-0.2, -0.15) is 0 Å². The maximum atomic E-state index is 13.9. The van der Waals surface area contributed by atoms with Crippen LogP contribution in [0.4, 0.5) is 5.69 Å². The first kappa shape index (κ1) is 18.2. The molecule has 0 N–H and O–H groups in total. The van der Waals surface area contributed by atoms with E-state index < -0.39 is 16.7 Å². The minimum Gasteiger partial charge on any atom is -0.274 e. The molecule has 0 spiro atoms. The molecule has 1 saturated heterocycles. The predicted molar refractivity (Wildman–Crippen MR) is 125 cm³/mol. The number of fused-ring (bicyclic) bond motifs is 1. The van der Waals surface area contributed by atoms with Gasteiger partial charge in [0.1, 0.15) is 4.87 Å². The second-order valence-corrected chi connectivity index (χ2v) is 9.51. The van der Waals surface area contributed by atoms with E-state index in [4.69, 9.17) is 11.6 Å². The van der Waals surface area contributed by atoms with E-state index in [1.165, 1.54) is 4.90 Å². The Balaban J connectivity index is 1.46. The van der Waals surface area contributed by atoms with Gasteiger partial charge in [-0.15, -0.1) is 11.6 Å². The fraction of sp³-hybridized carbons (Fsp3) is 0.143. The Morgan fingerprint density at radius 1 is 0.688 bits per heavy atom. The lowest BCUT2D eigenvalue weighted by Gasteiger charge is -2.50.